The monoisotopic (exact) mass is 824 g/mol. The van der Waals surface area contributed by atoms with Crippen LogP contribution in [0.25, 0.3) is 11.0 Å². The molecule has 4 N–H and O–H groups in total. The number of pyridine rings is 1. The van der Waals surface area contributed by atoms with Crippen molar-refractivity contribution in [2.24, 2.45) is 11.8 Å². The zero-order valence-corrected chi connectivity index (χ0v) is 34.6. The molecule has 9 unspecified atom stereocenters. The number of aliphatic hydroxyl groups is 1. The molecule has 2 bridgehead atoms. The Hall–Kier alpha value is -4.37. The molecule has 304 valence electrons. The minimum Gasteiger partial charge on any atom is -0.481 e. The topological polar surface area (TPSA) is 174 Å². The molecule has 14 heteroatoms. The van der Waals surface area contributed by atoms with Gasteiger partial charge in [0, 0.05) is 77.1 Å². The number of amides is 1. The van der Waals surface area contributed by atoms with Crippen LogP contribution >= 0.6 is 21.6 Å². The number of esters is 1. The fraction of sp³-hybridized carbons (Fsp3) is 0.477. The number of ether oxygens (including phenoxy) is 2. The Bertz CT molecular complexity index is 2390. The van der Waals surface area contributed by atoms with Gasteiger partial charge in [0.2, 0.25) is 5.91 Å². The van der Waals surface area contributed by atoms with Crippen molar-refractivity contribution in [3.63, 3.8) is 0 Å². The number of aromatic nitrogens is 1. The summed E-state index contributed by atoms with van der Waals surface area (Å²) in [5, 5.41) is 13.7. The number of allylic oxidation sites excluding steroid dienone is 2. The number of benzene rings is 1. The number of fused-ring (bicyclic) bond motifs is 8. The van der Waals surface area contributed by atoms with Gasteiger partial charge in [-0.05, 0) is 88.0 Å². The van der Waals surface area contributed by atoms with Crippen LogP contribution in [0.4, 0.5) is 5.82 Å². The van der Waals surface area contributed by atoms with E-state index in [9.17, 15) is 24.3 Å². The number of anilines is 1. The van der Waals surface area contributed by atoms with Crippen LogP contribution in [0, 0.1) is 11.8 Å². The number of nitrogens with one attached hydrogen (secondary N) is 1. The molecule has 3 aliphatic heterocycles. The maximum atomic E-state index is 14.8. The van der Waals surface area contributed by atoms with Gasteiger partial charge in [-0.15, -0.1) is 0 Å². The van der Waals surface area contributed by atoms with E-state index in [4.69, 9.17) is 19.6 Å². The Labute approximate surface area is 344 Å². The van der Waals surface area contributed by atoms with E-state index in [0.29, 0.717) is 65.9 Å². The summed E-state index contributed by atoms with van der Waals surface area (Å²) in [5.41, 5.74) is 8.27. The van der Waals surface area contributed by atoms with Gasteiger partial charge in [-0.25, -0.2) is 14.6 Å². The maximum Gasteiger partial charge on any atom is 0.339 e. The number of nitrogen functional groups attached to an aromatic ring is 1. The number of carbonyl (C=O) groups excluding carboxylic acids is 3. The summed E-state index contributed by atoms with van der Waals surface area (Å²) in [4.78, 5) is 61.5. The van der Waals surface area contributed by atoms with Crippen molar-refractivity contribution in [2.45, 2.75) is 99.8 Å². The van der Waals surface area contributed by atoms with Gasteiger partial charge in [0.05, 0.1) is 24.4 Å². The van der Waals surface area contributed by atoms with Crippen LogP contribution < -0.4 is 21.4 Å². The molecule has 3 aromatic rings. The minimum absolute atomic E-state index is 0.0140. The summed E-state index contributed by atoms with van der Waals surface area (Å²) < 4.78 is 19.7. The molecular weight excluding hydrogens is 777 g/mol. The highest BCUT2D eigenvalue weighted by Gasteiger charge is 2.65. The number of hydrogen-bond acceptors (Lipinski definition) is 13. The average Bonchev–Trinajstić information content (AvgIpc) is 3.56. The molecule has 2 fully saturated rings. The van der Waals surface area contributed by atoms with Gasteiger partial charge in [-0.1, -0.05) is 45.4 Å². The van der Waals surface area contributed by atoms with Crippen molar-refractivity contribution in [1.29, 1.82) is 0 Å². The average molecular weight is 825 g/mol. The van der Waals surface area contributed by atoms with Crippen LogP contribution in [-0.2, 0) is 38.4 Å². The molecule has 1 saturated carbocycles. The predicted molar refractivity (Wildman–Crippen MR) is 224 cm³/mol. The Kier molecular flexibility index (Phi) is 9.93. The van der Waals surface area contributed by atoms with Gasteiger partial charge < -0.3 is 34.9 Å². The molecule has 1 spiro atoms. The van der Waals surface area contributed by atoms with Crippen molar-refractivity contribution in [1.82, 2.24) is 15.2 Å². The molecule has 1 aromatic carbocycles. The second-order valence-electron chi connectivity index (χ2n) is 16.7. The van der Waals surface area contributed by atoms with Crippen LogP contribution in [0.2, 0.25) is 0 Å². The van der Waals surface area contributed by atoms with E-state index in [0.717, 1.165) is 22.1 Å². The lowest BCUT2D eigenvalue weighted by Gasteiger charge is -2.62. The fourth-order valence-corrected chi connectivity index (χ4v) is 13.7. The number of nitrogens with zero attached hydrogens (tertiary/aromatic N) is 2. The van der Waals surface area contributed by atoms with Gasteiger partial charge in [-0.2, -0.15) is 0 Å². The number of carbonyl (C=O) groups is 3. The third-order valence-corrected chi connectivity index (χ3v) is 16.4. The quantitative estimate of drug-likeness (QED) is 0.0998. The number of aryl methyl sites for hydroxylation is 1. The van der Waals surface area contributed by atoms with Gasteiger partial charge >= 0.3 is 11.6 Å². The maximum absolute atomic E-state index is 14.8. The predicted octanol–water partition coefficient (Wildman–Crippen LogP) is 5.00. The first-order valence-electron chi connectivity index (χ1n) is 20.1. The van der Waals surface area contributed by atoms with Gasteiger partial charge in [0.25, 0.3) is 0 Å². The van der Waals surface area contributed by atoms with E-state index in [2.05, 4.69) is 16.4 Å². The largest absolute Gasteiger partial charge is 0.481 e. The smallest absolute Gasteiger partial charge is 0.339 e. The number of nitrogens with two attached hydrogens (primary N) is 1. The van der Waals surface area contributed by atoms with Crippen molar-refractivity contribution >= 4 is 56.0 Å². The van der Waals surface area contributed by atoms with E-state index >= 15 is 0 Å². The van der Waals surface area contributed by atoms with Gasteiger partial charge in [0.15, 0.2) is 17.0 Å². The Morgan fingerprint density at radius 3 is 2.81 bits per heavy atom. The molecule has 6 aliphatic rings. The Balaban J connectivity index is 1.19. The Morgan fingerprint density at radius 2 is 2.03 bits per heavy atom. The third kappa shape index (κ3) is 6.07. The normalized spacial score (nSPS) is 32.5. The summed E-state index contributed by atoms with van der Waals surface area (Å²) >= 11 is 0. The van der Waals surface area contributed by atoms with Crippen molar-refractivity contribution in [2.75, 3.05) is 25.1 Å². The van der Waals surface area contributed by atoms with E-state index in [1.807, 2.05) is 43.1 Å². The Morgan fingerprint density at radius 1 is 1.21 bits per heavy atom. The van der Waals surface area contributed by atoms with Gasteiger partial charge in [0.1, 0.15) is 17.2 Å². The first kappa shape index (κ1) is 39.1. The standard InChI is InChI=1S/C44H48N4O8S2/c1-5-22(2)41(52)56-43(3)11-10-24-21-57-58-34-16-29-31(50)9-8-30-37(39(29)46-4)40(34)48(30)36(51)15-27-20-47-35(45)17-28(27)38(24)44(43)19-26-14-25-13-23(7-6-12-49)42(53)54-32(25)18-33(26)55-44/h5,8-10,13-14,17-18,20,29-30,34,37-40,46,49H,6-7,11-12,15-16,19,21H2,1-4H3,(H2,45,47). The van der Waals surface area contributed by atoms with E-state index in [1.54, 1.807) is 59.9 Å². The summed E-state index contributed by atoms with van der Waals surface area (Å²) in [6.07, 6.45) is 11.4. The van der Waals surface area contributed by atoms with Crippen LogP contribution in [0.3, 0.4) is 0 Å². The van der Waals surface area contributed by atoms with E-state index < -0.39 is 28.7 Å². The fourth-order valence-electron chi connectivity index (χ4n) is 10.6. The number of ketones is 1. The van der Waals surface area contributed by atoms with Crippen LogP contribution in [-0.4, -0.2) is 86.6 Å². The van der Waals surface area contributed by atoms with Crippen molar-refractivity contribution < 1.29 is 33.4 Å². The van der Waals surface area contributed by atoms with Crippen molar-refractivity contribution in [3.05, 3.63) is 98.6 Å². The highest BCUT2D eigenvalue weighted by molar-refractivity contribution is 8.77. The number of rotatable bonds is 6. The molecular formula is C44H48N4O8S2. The third-order valence-electron chi connectivity index (χ3n) is 13.6. The first-order chi connectivity index (χ1) is 27.9. The summed E-state index contributed by atoms with van der Waals surface area (Å²) in [7, 11) is 5.38. The molecule has 1 saturated heterocycles. The lowest BCUT2D eigenvalue weighted by atomic mass is 9.61. The SMILES string of the molecule is CC=C(C)C(=O)OC1(C)CC=C2CSSC3CC4C(=O)C=CC5C(C4NC)C3N5C(=O)Cc3cnc(N)cc3C2C12Cc1cc3cc(CCCO)c(=O)oc3cc1O2. The molecule has 2 aromatic heterocycles. The molecule has 0 radical (unpaired) electrons. The summed E-state index contributed by atoms with van der Waals surface area (Å²) in [6.45, 7) is 5.39. The summed E-state index contributed by atoms with van der Waals surface area (Å²) in [5.74, 6) is 0.395. The second kappa shape index (κ2) is 14.7. The van der Waals surface area contributed by atoms with E-state index in [1.165, 1.54) is 0 Å². The lowest BCUT2D eigenvalue weighted by molar-refractivity contribution is -0.183. The molecule has 58 heavy (non-hydrogen) atoms. The number of hydrogen-bond donors (Lipinski definition) is 3. The van der Waals surface area contributed by atoms with Crippen LogP contribution in [0.15, 0.2) is 75.1 Å². The molecule has 9 rings (SSSR count). The zero-order chi connectivity index (χ0) is 40.7. The molecule has 9 atom stereocenters. The minimum atomic E-state index is -1.23. The van der Waals surface area contributed by atoms with Crippen LogP contribution in [0.1, 0.15) is 68.2 Å². The highest BCUT2D eigenvalue weighted by atomic mass is 33.1. The number of aliphatic hydroxyl groups excluding tert-OH is 1. The molecule has 1 amide bonds. The van der Waals surface area contributed by atoms with Gasteiger partial charge in [-0.3, -0.25) is 9.59 Å². The molecule has 5 heterocycles. The van der Waals surface area contributed by atoms with Crippen LogP contribution in [0.5, 0.6) is 5.75 Å². The lowest BCUT2D eigenvalue weighted by Crippen LogP contribution is -2.76. The van der Waals surface area contributed by atoms with E-state index in [-0.39, 0.29) is 65.7 Å². The highest BCUT2D eigenvalue weighted by Crippen LogP contribution is 2.60. The second-order valence-corrected chi connectivity index (χ2v) is 19.3. The molecule has 3 aliphatic carbocycles. The van der Waals surface area contributed by atoms with Crippen molar-refractivity contribution in [3.8, 4) is 5.75 Å². The molecule has 12 nitrogen and oxygen atoms in total. The zero-order valence-electron chi connectivity index (χ0n) is 33.0. The first-order valence-corrected chi connectivity index (χ1v) is 22.5. The summed E-state index contributed by atoms with van der Waals surface area (Å²) in [6, 6.07) is 7.12.